The molecule has 1 aliphatic rings. The van der Waals surface area contributed by atoms with Crippen LogP contribution in [-0.2, 0) is 13.0 Å². The minimum absolute atomic E-state index is 0.152. The van der Waals surface area contributed by atoms with Crippen LogP contribution in [0, 0.1) is 13.8 Å². The van der Waals surface area contributed by atoms with Crippen molar-refractivity contribution in [3.8, 4) is 11.4 Å². The second-order valence-corrected chi connectivity index (χ2v) is 9.34. The molecule has 4 aromatic rings. The molecule has 5 rings (SSSR count). The molecular formula is C30H30N4O2. The van der Waals surface area contributed by atoms with E-state index in [0.29, 0.717) is 18.3 Å². The van der Waals surface area contributed by atoms with E-state index in [1.165, 1.54) is 11.1 Å². The van der Waals surface area contributed by atoms with E-state index >= 15 is 0 Å². The molecule has 0 aliphatic carbocycles. The molecule has 1 aromatic heterocycles. The zero-order valence-corrected chi connectivity index (χ0v) is 21.1. The molecule has 1 N–H and O–H groups in total. The van der Waals surface area contributed by atoms with Crippen LogP contribution in [0.3, 0.4) is 0 Å². The van der Waals surface area contributed by atoms with E-state index in [9.17, 15) is 4.79 Å². The molecule has 1 unspecified atom stereocenters. The van der Waals surface area contributed by atoms with E-state index in [1.54, 1.807) is 4.90 Å². The number of urea groups is 1. The highest BCUT2D eigenvalue weighted by Crippen LogP contribution is 2.38. The number of carbonyl (C=O) groups excluding carboxylic acids is 1. The summed E-state index contributed by atoms with van der Waals surface area (Å²) < 4.78 is 5.81. The van der Waals surface area contributed by atoms with Crippen molar-refractivity contribution < 1.29 is 9.32 Å². The highest BCUT2D eigenvalue weighted by atomic mass is 16.5. The summed E-state index contributed by atoms with van der Waals surface area (Å²) in [6, 6.07) is 24.0. The molecule has 0 bridgehead atoms. The number of amides is 2. The minimum atomic E-state index is -0.400. The first kappa shape index (κ1) is 23.5. The number of hydrogen-bond acceptors (Lipinski definition) is 4. The maximum Gasteiger partial charge on any atom is 0.322 e. The average Bonchev–Trinajstić information content (AvgIpc) is 3.36. The summed E-state index contributed by atoms with van der Waals surface area (Å²) in [7, 11) is 0. The van der Waals surface area contributed by atoms with Gasteiger partial charge in [0.25, 0.3) is 5.89 Å². The van der Waals surface area contributed by atoms with Crippen LogP contribution in [0.4, 0.5) is 4.79 Å². The van der Waals surface area contributed by atoms with Crippen LogP contribution in [0.2, 0.25) is 0 Å². The van der Waals surface area contributed by atoms with Crippen molar-refractivity contribution >= 4 is 11.6 Å². The van der Waals surface area contributed by atoms with E-state index in [-0.39, 0.29) is 6.03 Å². The maximum atomic E-state index is 13.4. The van der Waals surface area contributed by atoms with Gasteiger partial charge in [0.2, 0.25) is 5.82 Å². The summed E-state index contributed by atoms with van der Waals surface area (Å²) in [4.78, 5) is 19.9. The number of aryl methyl sites for hydroxylation is 3. The molecule has 0 fully saturated rings. The van der Waals surface area contributed by atoms with Crippen molar-refractivity contribution in [3.05, 3.63) is 112 Å². The number of nitrogens with one attached hydrogen (secondary N) is 1. The van der Waals surface area contributed by atoms with Crippen LogP contribution in [0.1, 0.15) is 53.6 Å². The Morgan fingerprint density at radius 1 is 0.917 bits per heavy atom. The molecule has 1 aliphatic heterocycles. The summed E-state index contributed by atoms with van der Waals surface area (Å²) in [5, 5.41) is 7.46. The van der Waals surface area contributed by atoms with Crippen LogP contribution >= 0.6 is 0 Å². The van der Waals surface area contributed by atoms with E-state index in [2.05, 4.69) is 60.7 Å². The third-order valence-electron chi connectivity index (χ3n) is 6.71. The zero-order valence-electron chi connectivity index (χ0n) is 21.1. The lowest BCUT2D eigenvalue weighted by molar-refractivity contribution is 0.203. The minimum Gasteiger partial charge on any atom is -0.334 e. The van der Waals surface area contributed by atoms with Gasteiger partial charge in [-0.05, 0) is 43.9 Å². The Bertz CT molecular complexity index is 1420. The van der Waals surface area contributed by atoms with Crippen molar-refractivity contribution in [2.45, 2.75) is 46.7 Å². The number of hydrogen-bond donors (Lipinski definition) is 1. The summed E-state index contributed by atoms with van der Waals surface area (Å²) in [5.74, 6) is 0.925. The van der Waals surface area contributed by atoms with Crippen LogP contribution in [0.15, 0.2) is 83.0 Å². The molecule has 6 heteroatoms. The zero-order chi connectivity index (χ0) is 25.2. The second kappa shape index (κ2) is 9.82. The third-order valence-corrected chi connectivity index (χ3v) is 6.71. The Morgan fingerprint density at radius 2 is 1.67 bits per heavy atom. The monoisotopic (exact) mass is 478 g/mol. The molecule has 0 saturated heterocycles. The van der Waals surface area contributed by atoms with Crippen molar-refractivity contribution in [3.63, 3.8) is 0 Å². The molecular weight excluding hydrogens is 448 g/mol. The lowest BCUT2D eigenvalue weighted by Gasteiger charge is -2.35. The van der Waals surface area contributed by atoms with E-state index in [0.717, 1.165) is 39.9 Å². The van der Waals surface area contributed by atoms with E-state index in [4.69, 9.17) is 9.51 Å². The first-order valence-corrected chi connectivity index (χ1v) is 12.3. The number of aromatic nitrogens is 2. The Kier molecular flexibility index (Phi) is 6.42. The Morgan fingerprint density at radius 3 is 2.36 bits per heavy atom. The predicted octanol–water partition coefficient (Wildman–Crippen LogP) is 6.61. The van der Waals surface area contributed by atoms with E-state index in [1.807, 2.05) is 50.2 Å². The average molecular weight is 479 g/mol. The number of nitrogens with zero attached hydrogens (tertiary/aromatic N) is 3. The SMILES string of the molecule is CCc1ccc(C2NC(=O)N(Cc3cccc(C)c3)C(C)=C2c2nc(-c3ccc(C)cc3)no2)cc1. The highest BCUT2D eigenvalue weighted by Gasteiger charge is 2.35. The topological polar surface area (TPSA) is 71.3 Å². The van der Waals surface area contributed by atoms with E-state index < -0.39 is 6.04 Å². The van der Waals surface area contributed by atoms with Gasteiger partial charge in [-0.15, -0.1) is 0 Å². The Labute approximate surface area is 211 Å². The van der Waals surface area contributed by atoms with Gasteiger partial charge < -0.3 is 9.84 Å². The molecule has 1 atom stereocenters. The lowest BCUT2D eigenvalue weighted by atomic mass is 9.93. The largest absolute Gasteiger partial charge is 0.334 e. The smallest absolute Gasteiger partial charge is 0.322 e. The van der Waals surface area contributed by atoms with Gasteiger partial charge in [-0.1, -0.05) is 96.0 Å². The fraction of sp³-hybridized carbons (Fsp3) is 0.233. The molecule has 3 aromatic carbocycles. The van der Waals surface area contributed by atoms with Crippen molar-refractivity contribution in [2.24, 2.45) is 0 Å². The van der Waals surface area contributed by atoms with Crippen molar-refractivity contribution in [1.82, 2.24) is 20.4 Å². The predicted molar refractivity (Wildman–Crippen MR) is 141 cm³/mol. The molecule has 2 heterocycles. The highest BCUT2D eigenvalue weighted by molar-refractivity contribution is 5.86. The van der Waals surface area contributed by atoms with Crippen LogP contribution in [-0.4, -0.2) is 21.1 Å². The normalized spacial score (nSPS) is 15.8. The van der Waals surface area contributed by atoms with Gasteiger partial charge in [-0.25, -0.2) is 4.79 Å². The first-order valence-electron chi connectivity index (χ1n) is 12.3. The van der Waals surface area contributed by atoms with Crippen LogP contribution in [0.25, 0.3) is 17.0 Å². The number of benzene rings is 3. The summed E-state index contributed by atoms with van der Waals surface area (Å²) in [6.45, 7) is 8.62. The molecule has 0 spiro atoms. The van der Waals surface area contributed by atoms with Gasteiger partial charge in [0.05, 0.1) is 18.2 Å². The summed E-state index contributed by atoms with van der Waals surface area (Å²) in [5.41, 5.74) is 8.07. The Hall–Kier alpha value is -4.19. The fourth-order valence-electron chi connectivity index (χ4n) is 4.59. The third kappa shape index (κ3) is 4.67. The van der Waals surface area contributed by atoms with Gasteiger partial charge >= 0.3 is 6.03 Å². The molecule has 182 valence electrons. The molecule has 0 saturated carbocycles. The second-order valence-electron chi connectivity index (χ2n) is 9.34. The fourth-order valence-corrected chi connectivity index (χ4v) is 4.59. The van der Waals surface area contributed by atoms with Crippen LogP contribution < -0.4 is 5.32 Å². The number of allylic oxidation sites excluding steroid dienone is 1. The van der Waals surface area contributed by atoms with Gasteiger partial charge in [-0.3, -0.25) is 4.90 Å². The molecule has 6 nitrogen and oxygen atoms in total. The summed E-state index contributed by atoms with van der Waals surface area (Å²) in [6.07, 6.45) is 0.951. The Balaban J connectivity index is 1.59. The summed E-state index contributed by atoms with van der Waals surface area (Å²) >= 11 is 0. The quantitative estimate of drug-likeness (QED) is 0.338. The molecule has 2 amide bonds. The van der Waals surface area contributed by atoms with Gasteiger partial charge in [0, 0.05) is 11.3 Å². The standard InChI is InChI=1S/C30H30N4O2/c1-5-22-11-15-24(16-12-22)27-26(29-32-28(33-36-29)25-13-9-19(2)10-14-25)21(4)34(30(35)31-27)18-23-8-6-7-20(3)17-23/h6-17,27H,5,18H2,1-4H3,(H,31,35). The maximum absolute atomic E-state index is 13.4. The van der Waals surface area contributed by atoms with Gasteiger partial charge in [0.1, 0.15) is 0 Å². The number of rotatable bonds is 6. The van der Waals surface area contributed by atoms with Crippen molar-refractivity contribution in [2.75, 3.05) is 0 Å². The van der Waals surface area contributed by atoms with Crippen molar-refractivity contribution in [1.29, 1.82) is 0 Å². The molecule has 36 heavy (non-hydrogen) atoms. The van der Waals surface area contributed by atoms with Gasteiger partial charge in [-0.2, -0.15) is 4.98 Å². The number of carbonyl (C=O) groups is 1. The van der Waals surface area contributed by atoms with Gasteiger partial charge in [0.15, 0.2) is 0 Å². The lowest BCUT2D eigenvalue weighted by Crippen LogP contribution is -2.45. The van der Waals surface area contributed by atoms with Crippen LogP contribution in [0.5, 0.6) is 0 Å². The molecule has 0 radical (unpaired) electrons. The first-order chi connectivity index (χ1) is 17.4.